The zero-order chi connectivity index (χ0) is 13.8. The van der Waals surface area contributed by atoms with Gasteiger partial charge in [0.05, 0.1) is 18.8 Å². The molecule has 1 saturated heterocycles. The molecule has 2 atom stereocenters. The van der Waals surface area contributed by atoms with E-state index in [9.17, 15) is 0 Å². The molecule has 0 aromatic carbocycles. The second kappa shape index (κ2) is 6.30. The number of nitrogens with zero attached hydrogens (tertiary/aromatic N) is 3. The number of ether oxygens (including phenoxy) is 2. The fourth-order valence-corrected chi connectivity index (χ4v) is 2.33. The molecule has 0 bridgehead atoms. The highest BCUT2D eigenvalue weighted by Crippen LogP contribution is 2.20. The minimum absolute atomic E-state index is 0.103. The van der Waals surface area contributed by atoms with Crippen LogP contribution in [0.3, 0.4) is 0 Å². The summed E-state index contributed by atoms with van der Waals surface area (Å²) in [4.78, 5) is 11.2. The standard InChI is InChI=1S/C14H23N3O2/c1-10(2)14-15-6-5-13(16-14)17-7-11(3)19-12(8-17)9-18-4/h5-6,10-12H,7-9H2,1-4H3. The van der Waals surface area contributed by atoms with E-state index in [0.29, 0.717) is 12.5 Å². The van der Waals surface area contributed by atoms with E-state index in [0.717, 1.165) is 24.7 Å². The van der Waals surface area contributed by atoms with Gasteiger partial charge < -0.3 is 14.4 Å². The average Bonchev–Trinajstić information content (AvgIpc) is 2.38. The van der Waals surface area contributed by atoms with Crippen LogP contribution in [0.2, 0.25) is 0 Å². The number of rotatable bonds is 4. The van der Waals surface area contributed by atoms with Gasteiger partial charge in [0, 0.05) is 32.3 Å². The van der Waals surface area contributed by atoms with E-state index in [1.807, 2.05) is 12.3 Å². The summed E-state index contributed by atoms with van der Waals surface area (Å²) in [6.45, 7) is 8.58. The van der Waals surface area contributed by atoms with Crippen LogP contribution in [0.15, 0.2) is 12.3 Å². The van der Waals surface area contributed by atoms with Gasteiger partial charge in [0.25, 0.3) is 0 Å². The third kappa shape index (κ3) is 3.64. The molecule has 1 aromatic rings. The first-order chi connectivity index (χ1) is 9.10. The highest BCUT2D eigenvalue weighted by atomic mass is 16.5. The quantitative estimate of drug-likeness (QED) is 0.831. The molecule has 1 fully saturated rings. The van der Waals surface area contributed by atoms with Gasteiger partial charge in [-0.25, -0.2) is 9.97 Å². The van der Waals surface area contributed by atoms with E-state index in [1.165, 1.54) is 0 Å². The molecule has 0 aliphatic carbocycles. The fraction of sp³-hybridized carbons (Fsp3) is 0.714. The van der Waals surface area contributed by atoms with Crippen molar-refractivity contribution in [1.82, 2.24) is 9.97 Å². The van der Waals surface area contributed by atoms with E-state index in [4.69, 9.17) is 9.47 Å². The van der Waals surface area contributed by atoms with Crippen molar-refractivity contribution in [3.05, 3.63) is 18.1 Å². The first kappa shape index (κ1) is 14.2. The van der Waals surface area contributed by atoms with Crippen LogP contribution in [-0.4, -0.2) is 49.0 Å². The van der Waals surface area contributed by atoms with Gasteiger partial charge in [0.15, 0.2) is 0 Å². The smallest absolute Gasteiger partial charge is 0.133 e. The second-order valence-corrected chi connectivity index (χ2v) is 5.36. The van der Waals surface area contributed by atoms with Crippen molar-refractivity contribution in [3.63, 3.8) is 0 Å². The van der Waals surface area contributed by atoms with E-state index >= 15 is 0 Å². The van der Waals surface area contributed by atoms with Gasteiger partial charge in [-0.2, -0.15) is 0 Å². The predicted octanol–water partition coefficient (Wildman–Crippen LogP) is 1.84. The first-order valence-corrected chi connectivity index (χ1v) is 6.82. The van der Waals surface area contributed by atoms with Crippen molar-refractivity contribution in [2.45, 2.75) is 38.9 Å². The Morgan fingerprint density at radius 3 is 2.95 bits per heavy atom. The van der Waals surface area contributed by atoms with Gasteiger partial charge in [0.2, 0.25) is 0 Å². The van der Waals surface area contributed by atoms with E-state index in [2.05, 4.69) is 35.6 Å². The van der Waals surface area contributed by atoms with E-state index in [-0.39, 0.29) is 12.2 Å². The Hall–Kier alpha value is -1.20. The molecule has 19 heavy (non-hydrogen) atoms. The largest absolute Gasteiger partial charge is 0.382 e. The van der Waals surface area contributed by atoms with E-state index < -0.39 is 0 Å². The van der Waals surface area contributed by atoms with Gasteiger partial charge in [-0.3, -0.25) is 0 Å². The molecule has 1 aromatic heterocycles. The van der Waals surface area contributed by atoms with Crippen molar-refractivity contribution in [2.24, 2.45) is 0 Å². The molecule has 0 spiro atoms. The zero-order valence-corrected chi connectivity index (χ0v) is 12.2. The number of methoxy groups -OCH3 is 1. The van der Waals surface area contributed by atoms with Crippen LogP contribution in [-0.2, 0) is 9.47 Å². The Bertz CT molecular complexity index is 411. The Balaban J connectivity index is 2.13. The molecule has 5 heteroatoms. The molecule has 0 saturated carbocycles. The molecule has 1 aliphatic heterocycles. The van der Waals surface area contributed by atoms with E-state index in [1.54, 1.807) is 7.11 Å². The van der Waals surface area contributed by atoms with Crippen LogP contribution in [0.4, 0.5) is 5.82 Å². The molecular formula is C14H23N3O2. The maximum Gasteiger partial charge on any atom is 0.133 e. The Kier molecular flexibility index (Phi) is 4.71. The Morgan fingerprint density at radius 1 is 1.47 bits per heavy atom. The van der Waals surface area contributed by atoms with Crippen molar-refractivity contribution in [3.8, 4) is 0 Å². The summed E-state index contributed by atoms with van der Waals surface area (Å²) in [5, 5.41) is 0. The lowest BCUT2D eigenvalue weighted by Crippen LogP contribution is -2.48. The summed E-state index contributed by atoms with van der Waals surface area (Å²) in [6, 6.07) is 1.97. The molecule has 1 aliphatic rings. The summed E-state index contributed by atoms with van der Waals surface area (Å²) in [6.07, 6.45) is 2.13. The zero-order valence-electron chi connectivity index (χ0n) is 12.2. The van der Waals surface area contributed by atoms with Gasteiger partial charge in [0.1, 0.15) is 11.6 Å². The van der Waals surface area contributed by atoms with Gasteiger partial charge >= 0.3 is 0 Å². The number of anilines is 1. The molecule has 2 rings (SSSR count). The molecule has 2 unspecified atom stereocenters. The monoisotopic (exact) mass is 265 g/mol. The topological polar surface area (TPSA) is 47.5 Å². The van der Waals surface area contributed by atoms with Gasteiger partial charge in [-0.1, -0.05) is 13.8 Å². The second-order valence-electron chi connectivity index (χ2n) is 5.36. The fourth-order valence-electron chi connectivity index (χ4n) is 2.33. The lowest BCUT2D eigenvalue weighted by molar-refractivity contribution is -0.0512. The molecule has 0 N–H and O–H groups in total. The van der Waals surface area contributed by atoms with Crippen LogP contribution >= 0.6 is 0 Å². The van der Waals surface area contributed by atoms with Crippen molar-refractivity contribution in [1.29, 1.82) is 0 Å². The summed E-state index contributed by atoms with van der Waals surface area (Å²) < 4.78 is 11.0. The highest BCUT2D eigenvalue weighted by Gasteiger charge is 2.26. The van der Waals surface area contributed by atoms with Crippen LogP contribution in [0.5, 0.6) is 0 Å². The molecule has 0 radical (unpaired) electrons. The number of morpholine rings is 1. The Labute approximate surface area is 115 Å². The summed E-state index contributed by atoms with van der Waals surface area (Å²) >= 11 is 0. The maximum atomic E-state index is 5.85. The SMILES string of the molecule is COCC1CN(c2ccnc(C(C)C)n2)CC(C)O1. The summed E-state index contributed by atoms with van der Waals surface area (Å²) in [5.74, 6) is 2.21. The molecule has 0 amide bonds. The third-order valence-electron chi connectivity index (χ3n) is 3.18. The lowest BCUT2D eigenvalue weighted by Gasteiger charge is -2.37. The van der Waals surface area contributed by atoms with Crippen molar-refractivity contribution < 1.29 is 9.47 Å². The van der Waals surface area contributed by atoms with Crippen molar-refractivity contribution in [2.75, 3.05) is 31.7 Å². The van der Waals surface area contributed by atoms with Crippen LogP contribution in [0.1, 0.15) is 32.5 Å². The normalized spacial score (nSPS) is 23.9. The molecule has 5 nitrogen and oxygen atoms in total. The summed E-state index contributed by atoms with van der Waals surface area (Å²) in [7, 11) is 1.70. The van der Waals surface area contributed by atoms with Crippen LogP contribution in [0, 0.1) is 0 Å². The van der Waals surface area contributed by atoms with Crippen LogP contribution < -0.4 is 4.90 Å². The Morgan fingerprint density at radius 2 is 2.26 bits per heavy atom. The molecular weight excluding hydrogens is 242 g/mol. The maximum absolute atomic E-state index is 5.85. The van der Waals surface area contributed by atoms with Crippen LogP contribution in [0.25, 0.3) is 0 Å². The summed E-state index contributed by atoms with van der Waals surface area (Å²) in [5.41, 5.74) is 0. The predicted molar refractivity (Wildman–Crippen MR) is 74.5 cm³/mol. The minimum atomic E-state index is 0.103. The molecule has 106 valence electrons. The number of hydrogen-bond donors (Lipinski definition) is 0. The van der Waals surface area contributed by atoms with Gasteiger partial charge in [-0.15, -0.1) is 0 Å². The average molecular weight is 265 g/mol. The molecule has 2 heterocycles. The van der Waals surface area contributed by atoms with Crippen molar-refractivity contribution >= 4 is 5.82 Å². The van der Waals surface area contributed by atoms with Gasteiger partial charge in [-0.05, 0) is 13.0 Å². The highest BCUT2D eigenvalue weighted by molar-refractivity contribution is 5.38. The number of aromatic nitrogens is 2. The minimum Gasteiger partial charge on any atom is -0.382 e. The first-order valence-electron chi connectivity index (χ1n) is 6.82. The lowest BCUT2D eigenvalue weighted by atomic mass is 10.2. The number of hydrogen-bond acceptors (Lipinski definition) is 5. The third-order valence-corrected chi connectivity index (χ3v) is 3.18.